The molecule has 1 unspecified atom stereocenters. The van der Waals surface area contributed by atoms with E-state index < -0.39 is 12.0 Å². The molecule has 18 heavy (non-hydrogen) atoms. The van der Waals surface area contributed by atoms with Crippen molar-refractivity contribution in [2.45, 2.75) is 19.9 Å². The van der Waals surface area contributed by atoms with Crippen molar-refractivity contribution < 1.29 is 9.90 Å². The van der Waals surface area contributed by atoms with Gasteiger partial charge < -0.3 is 10.4 Å². The van der Waals surface area contributed by atoms with Gasteiger partial charge in [0.1, 0.15) is 11.9 Å². The molecule has 0 amide bonds. The summed E-state index contributed by atoms with van der Waals surface area (Å²) >= 11 is 0. The molecule has 0 fully saturated rings. The Morgan fingerprint density at radius 3 is 2.83 bits per heavy atom. The fourth-order valence-corrected chi connectivity index (χ4v) is 1.60. The molecule has 0 radical (unpaired) electrons. The number of carbonyl (C=O) groups is 1. The molecule has 2 aromatic rings. The first-order valence-corrected chi connectivity index (χ1v) is 5.54. The zero-order valence-electron chi connectivity index (χ0n) is 10.2. The summed E-state index contributed by atoms with van der Waals surface area (Å²) in [6.45, 7) is 3.44. The van der Waals surface area contributed by atoms with Crippen molar-refractivity contribution in [1.29, 1.82) is 0 Å². The van der Waals surface area contributed by atoms with Crippen molar-refractivity contribution in [3.63, 3.8) is 0 Å². The van der Waals surface area contributed by atoms with Gasteiger partial charge in [0.2, 0.25) is 0 Å². The Labute approximate surface area is 104 Å². The average Bonchev–Trinajstić information content (AvgIpc) is 2.76. The molecule has 2 aromatic heterocycles. The van der Waals surface area contributed by atoms with E-state index >= 15 is 0 Å². The molecule has 0 aliphatic rings. The van der Waals surface area contributed by atoms with Gasteiger partial charge in [0.05, 0.1) is 5.69 Å². The predicted molar refractivity (Wildman–Crippen MR) is 66.8 cm³/mol. The van der Waals surface area contributed by atoms with E-state index in [2.05, 4.69) is 15.3 Å². The summed E-state index contributed by atoms with van der Waals surface area (Å²) in [6.07, 6.45) is 5.12. The van der Waals surface area contributed by atoms with Crippen molar-refractivity contribution in [3.8, 4) is 5.82 Å². The second kappa shape index (κ2) is 4.87. The lowest BCUT2D eigenvalue weighted by Gasteiger charge is -2.15. The van der Waals surface area contributed by atoms with Gasteiger partial charge in [0.15, 0.2) is 5.82 Å². The highest BCUT2D eigenvalue weighted by atomic mass is 16.4. The summed E-state index contributed by atoms with van der Waals surface area (Å²) in [6, 6.07) is 2.87. The second-order valence-corrected chi connectivity index (χ2v) is 3.92. The highest BCUT2D eigenvalue weighted by molar-refractivity contribution is 5.77. The molecule has 0 aliphatic heterocycles. The average molecular weight is 246 g/mol. The zero-order chi connectivity index (χ0) is 13.1. The van der Waals surface area contributed by atoms with Gasteiger partial charge >= 0.3 is 5.97 Å². The first kappa shape index (κ1) is 12.1. The van der Waals surface area contributed by atoms with Gasteiger partial charge in [-0.2, -0.15) is 0 Å². The number of hydrogen-bond donors (Lipinski definition) is 2. The highest BCUT2D eigenvalue weighted by Gasteiger charge is 2.14. The Morgan fingerprint density at radius 1 is 1.44 bits per heavy atom. The van der Waals surface area contributed by atoms with Gasteiger partial charge in [0.25, 0.3) is 0 Å². The fraction of sp³-hybridized carbons (Fsp3) is 0.250. The van der Waals surface area contributed by atoms with Crippen molar-refractivity contribution in [3.05, 3.63) is 36.5 Å². The van der Waals surface area contributed by atoms with Crippen LogP contribution < -0.4 is 5.32 Å². The van der Waals surface area contributed by atoms with Crippen LogP contribution in [0.4, 0.5) is 5.69 Å². The number of nitrogens with one attached hydrogen (secondary N) is 1. The maximum absolute atomic E-state index is 10.9. The molecular formula is C12H14N4O2. The highest BCUT2D eigenvalue weighted by Crippen LogP contribution is 2.19. The van der Waals surface area contributed by atoms with Gasteiger partial charge in [-0.05, 0) is 26.0 Å². The molecule has 0 saturated carbocycles. The van der Waals surface area contributed by atoms with Gasteiger partial charge in [-0.15, -0.1) is 0 Å². The monoisotopic (exact) mass is 246 g/mol. The Bertz CT molecular complexity index is 565. The van der Waals surface area contributed by atoms with E-state index in [1.807, 2.05) is 6.92 Å². The number of imidazole rings is 1. The maximum atomic E-state index is 10.9. The third-order valence-corrected chi connectivity index (χ3v) is 2.58. The number of pyridine rings is 1. The minimum absolute atomic E-state index is 0.639. The lowest BCUT2D eigenvalue weighted by molar-refractivity contribution is -0.137. The first-order chi connectivity index (χ1) is 8.59. The molecule has 6 heteroatoms. The van der Waals surface area contributed by atoms with Crippen LogP contribution in [-0.4, -0.2) is 31.7 Å². The smallest absolute Gasteiger partial charge is 0.325 e. The largest absolute Gasteiger partial charge is 0.480 e. The van der Waals surface area contributed by atoms with Crippen LogP contribution in [0.5, 0.6) is 0 Å². The maximum Gasteiger partial charge on any atom is 0.325 e. The van der Waals surface area contributed by atoms with Gasteiger partial charge in [-0.25, -0.2) is 9.97 Å². The van der Waals surface area contributed by atoms with Crippen molar-refractivity contribution in [1.82, 2.24) is 14.5 Å². The topological polar surface area (TPSA) is 80.0 Å². The molecule has 2 N–H and O–H groups in total. The Morgan fingerprint density at radius 2 is 2.22 bits per heavy atom. The summed E-state index contributed by atoms with van der Waals surface area (Å²) < 4.78 is 1.80. The van der Waals surface area contributed by atoms with Crippen LogP contribution >= 0.6 is 0 Å². The molecule has 0 saturated heterocycles. The standard InChI is InChI=1S/C12H14N4O2/c1-8(12(17)18)15-10-4-3-5-14-11(10)16-7-6-13-9(16)2/h3-8,15H,1-2H3,(H,17,18). The van der Waals surface area contributed by atoms with E-state index in [1.54, 1.807) is 42.2 Å². The third-order valence-electron chi connectivity index (χ3n) is 2.58. The molecule has 6 nitrogen and oxygen atoms in total. The molecule has 0 bridgehead atoms. The number of aromatic nitrogens is 3. The van der Waals surface area contributed by atoms with Crippen LogP contribution in [0.15, 0.2) is 30.7 Å². The molecule has 94 valence electrons. The van der Waals surface area contributed by atoms with Crippen LogP contribution in [-0.2, 0) is 4.79 Å². The molecule has 2 heterocycles. The van der Waals surface area contributed by atoms with Gasteiger partial charge in [-0.3, -0.25) is 9.36 Å². The number of nitrogens with zero attached hydrogens (tertiary/aromatic N) is 3. The van der Waals surface area contributed by atoms with Gasteiger partial charge in [0, 0.05) is 18.6 Å². The molecule has 1 atom stereocenters. The number of carboxylic acid groups (broad SMARTS) is 1. The van der Waals surface area contributed by atoms with E-state index in [-0.39, 0.29) is 0 Å². The summed E-state index contributed by atoms with van der Waals surface area (Å²) in [5.74, 6) is 0.521. The number of rotatable bonds is 4. The van der Waals surface area contributed by atoms with Crippen LogP contribution in [0.2, 0.25) is 0 Å². The quantitative estimate of drug-likeness (QED) is 0.853. The molecule has 0 spiro atoms. The van der Waals surface area contributed by atoms with E-state index in [4.69, 9.17) is 5.11 Å². The molecular weight excluding hydrogens is 232 g/mol. The Balaban J connectivity index is 2.38. The minimum atomic E-state index is -0.910. The van der Waals surface area contributed by atoms with Crippen LogP contribution in [0.25, 0.3) is 5.82 Å². The number of carboxylic acids is 1. The van der Waals surface area contributed by atoms with Crippen LogP contribution in [0.1, 0.15) is 12.7 Å². The van der Waals surface area contributed by atoms with Crippen molar-refractivity contribution >= 4 is 11.7 Å². The summed E-state index contributed by atoms with van der Waals surface area (Å²) in [4.78, 5) is 19.3. The molecule has 0 aliphatic carbocycles. The fourth-order valence-electron chi connectivity index (χ4n) is 1.60. The molecule has 2 rings (SSSR count). The predicted octanol–water partition coefficient (Wildman–Crippen LogP) is 1.46. The van der Waals surface area contributed by atoms with E-state index in [0.29, 0.717) is 11.5 Å². The van der Waals surface area contributed by atoms with Crippen molar-refractivity contribution in [2.24, 2.45) is 0 Å². The Kier molecular flexibility index (Phi) is 3.27. The Hall–Kier alpha value is -2.37. The zero-order valence-corrected chi connectivity index (χ0v) is 10.2. The molecule has 0 aromatic carbocycles. The SMILES string of the molecule is Cc1nccn1-c1ncccc1NC(C)C(=O)O. The van der Waals surface area contributed by atoms with E-state index in [9.17, 15) is 4.79 Å². The second-order valence-electron chi connectivity index (χ2n) is 3.92. The van der Waals surface area contributed by atoms with E-state index in [1.165, 1.54) is 0 Å². The summed E-state index contributed by atoms with van der Waals surface area (Å²) in [5, 5.41) is 11.8. The normalized spacial score (nSPS) is 12.1. The number of aliphatic carboxylic acids is 1. The number of hydrogen-bond acceptors (Lipinski definition) is 4. The van der Waals surface area contributed by atoms with Gasteiger partial charge in [-0.1, -0.05) is 0 Å². The van der Waals surface area contributed by atoms with Crippen molar-refractivity contribution in [2.75, 3.05) is 5.32 Å². The number of aryl methyl sites for hydroxylation is 1. The number of anilines is 1. The van der Waals surface area contributed by atoms with E-state index in [0.717, 1.165) is 5.82 Å². The third kappa shape index (κ3) is 2.32. The summed E-state index contributed by atoms with van der Waals surface area (Å²) in [7, 11) is 0. The minimum Gasteiger partial charge on any atom is -0.480 e. The first-order valence-electron chi connectivity index (χ1n) is 5.54. The summed E-state index contributed by atoms with van der Waals surface area (Å²) in [5.41, 5.74) is 0.661. The van der Waals surface area contributed by atoms with Crippen LogP contribution in [0.3, 0.4) is 0 Å². The lowest BCUT2D eigenvalue weighted by Crippen LogP contribution is -2.26. The van der Waals surface area contributed by atoms with Crippen LogP contribution in [0, 0.1) is 6.92 Å². The lowest BCUT2D eigenvalue weighted by atomic mass is 10.3.